The quantitative estimate of drug-likeness (QED) is 0.0192. The van der Waals surface area contributed by atoms with E-state index >= 15 is 0 Å². The fraction of sp³-hybridized carbons (Fsp3) is 0.365. The normalized spacial score (nSPS) is 13.6. The summed E-state index contributed by atoms with van der Waals surface area (Å²) in [5.74, 6) is -4.81. The molecular formula is C52H66N14O7. The van der Waals surface area contributed by atoms with Crippen LogP contribution in [0.2, 0.25) is 0 Å². The van der Waals surface area contributed by atoms with Crippen molar-refractivity contribution in [3.05, 3.63) is 126 Å². The third-order valence-electron chi connectivity index (χ3n) is 12.4. The van der Waals surface area contributed by atoms with E-state index in [-0.39, 0.29) is 63.4 Å². The molecule has 73 heavy (non-hydrogen) atoms. The summed E-state index contributed by atoms with van der Waals surface area (Å²) < 4.78 is 0. The number of aromatic amines is 3. The maximum absolute atomic E-state index is 14.7. The number of nitrogens with zero attached hydrogens (tertiary/aromatic N) is 2. The highest BCUT2D eigenvalue weighted by Crippen LogP contribution is 2.21. The summed E-state index contributed by atoms with van der Waals surface area (Å²) in [5, 5.41) is 18.5. The predicted molar refractivity (Wildman–Crippen MR) is 277 cm³/mol. The highest BCUT2D eigenvalue weighted by Gasteiger charge is 2.34. The van der Waals surface area contributed by atoms with Crippen molar-refractivity contribution >= 4 is 69.1 Å². The van der Waals surface area contributed by atoms with Gasteiger partial charge in [0.15, 0.2) is 5.96 Å². The minimum Gasteiger partial charge on any atom is -0.370 e. The van der Waals surface area contributed by atoms with Gasteiger partial charge in [-0.1, -0.05) is 93.4 Å². The van der Waals surface area contributed by atoms with Crippen molar-refractivity contribution in [2.45, 2.75) is 114 Å². The maximum Gasteiger partial charge on any atom is 0.243 e. The van der Waals surface area contributed by atoms with Gasteiger partial charge >= 0.3 is 0 Å². The lowest BCUT2D eigenvalue weighted by Gasteiger charge is -2.27. The second kappa shape index (κ2) is 26.6. The van der Waals surface area contributed by atoms with E-state index in [4.69, 9.17) is 17.2 Å². The number of H-pyrrole nitrogens is 3. The van der Waals surface area contributed by atoms with Gasteiger partial charge in [0, 0.05) is 84.7 Å². The Morgan fingerprint density at radius 2 is 1.03 bits per heavy atom. The molecule has 3 aromatic carbocycles. The van der Waals surface area contributed by atoms with Crippen LogP contribution in [-0.2, 0) is 59.2 Å². The van der Waals surface area contributed by atoms with Gasteiger partial charge in [0.1, 0.15) is 36.3 Å². The summed E-state index contributed by atoms with van der Waals surface area (Å²) >= 11 is 0. The summed E-state index contributed by atoms with van der Waals surface area (Å²) in [4.78, 5) is 115. The fourth-order valence-corrected chi connectivity index (χ4v) is 8.46. The number of unbranched alkanes of at least 4 members (excludes halogenated alkanes) is 1. The first-order valence-corrected chi connectivity index (χ1v) is 24.5. The molecule has 0 aliphatic rings. The van der Waals surface area contributed by atoms with Crippen LogP contribution in [0.4, 0.5) is 0 Å². The van der Waals surface area contributed by atoms with Gasteiger partial charge in [-0.25, -0.2) is 4.98 Å². The van der Waals surface area contributed by atoms with Crippen molar-refractivity contribution in [2.24, 2.45) is 22.2 Å². The minimum absolute atomic E-state index is 0.00622. The zero-order valence-corrected chi connectivity index (χ0v) is 41.0. The Morgan fingerprint density at radius 3 is 1.56 bits per heavy atom. The Hall–Kier alpha value is -8.49. The number of hydrogen-bond acceptors (Lipinski definition) is 9. The van der Waals surface area contributed by atoms with E-state index in [9.17, 15) is 33.6 Å². The van der Waals surface area contributed by atoms with Crippen molar-refractivity contribution in [1.29, 1.82) is 0 Å². The van der Waals surface area contributed by atoms with Crippen LogP contribution < -0.4 is 49.1 Å². The van der Waals surface area contributed by atoms with E-state index in [1.54, 1.807) is 49.6 Å². The monoisotopic (exact) mass is 999 g/mol. The number of nitrogens with one attached hydrogen (secondary N) is 9. The SMILES string of the molecule is CCCC[C@H](NC(=O)CC)C(=O)N[C@@H](Cc1c[nH]c2ccccc12)C(=O)N[C@@H](Cc1cnc[nH]1)C(=O)N[C@H](Cc1ccccc1)C(=O)N[C@@H](CCCN=C(N)N)C(=O)N[C@@H](Cc1c[nH]c2ccccc12)C(N)=O. The lowest BCUT2D eigenvalue weighted by Crippen LogP contribution is -2.60. The maximum atomic E-state index is 14.7. The Labute approximate surface area is 422 Å². The van der Waals surface area contributed by atoms with Crippen LogP contribution in [0.3, 0.4) is 0 Å². The number of carbonyl (C=O) groups is 7. The number of benzene rings is 3. The molecule has 6 aromatic rings. The van der Waals surface area contributed by atoms with Crippen LogP contribution >= 0.6 is 0 Å². The topological polar surface area (TPSA) is 342 Å². The summed E-state index contributed by atoms with van der Waals surface area (Å²) in [6.07, 6.45) is 8.42. The van der Waals surface area contributed by atoms with E-state index in [0.29, 0.717) is 29.7 Å². The van der Waals surface area contributed by atoms with Crippen molar-refractivity contribution in [3.8, 4) is 0 Å². The third kappa shape index (κ3) is 15.8. The zero-order chi connectivity index (χ0) is 52.3. The van der Waals surface area contributed by atoms with Gasteiger partial charge in [0.2, 0.25) is 41.4 Å². The Bertz CT molecular complexity index is 2840. The molecule has 3 heterocycles. The number of guanidine groups is 1. The Kier molecular flexibility index (Phi) is 19.7. The molecule has 15 N–H and O–H groups in total. The summed E-state index contributed by atoms with van der Waals surface area (Å²) in [6, 6.07) is 16.6. The number of nitrogens with two attached hydrogens (primary N) is 3. The molecule has 7 amide bonds. The lowest BCUT2D eigenvalue weighted by molar-refractivity contribution is -0.135. The van der Waals surface area contributed by atoms with Gasteiger partial charge < -0.3 is 64.1 Å². The summed E-state index contributed by atoms with van der Waals surface area (Å²) in [5.41, 5.74) is 21.2. The van der Waals surface area contributed by atoms with Crippen LogP contribution in [0.25, 0.3) is 21.8 Å². The van der Waals surface area contributed by atoms with Gasteiger partial charge in [-0.05, 0) is 48.1 Å². The van der Waals surface area contributed by atoms with Gasteiger partial charge in [-0.2, -0.15) is 0 Å². The Balaban J connectivity index is 1.27. The number of aromatic nitrogens is 4. The van der Waals surface area contributed by atoms with Crippen LogP contribution in [0.1, 0.15) is 74.8 Å². The molecule has 386 valence electrons. The third-order valence-corrected chi connectivity index (χ3v) is 12.4. The molecule has 6 atom stereocenters. The number of primary amides is 1. The van der Waals surface area contributed by atoms with Crippen molar-refractivity contribution in [3.63, 3.8) is 0 Å². The first kappa shape index (κ1) is 53.9. The highest BCUT2D eigenvalue weighted by molar-refractivity contribution is 5.98. The molecule has 21 heteroatoms. The van der Waals surface area contributed by atoms with Crippen molar-refractivity contribution < 1.29 is 33.6 Å². The molecular weight excluding hydrogens is 933 g/mol. The minimum atomic E-state index is -1.35. The standard InChI is InChI=1S/C52H66N14O7/c1-3-5-18-39(61-45(67)4-2)47(69)65-43(25-33-28-59-38-20-12-10-17-36(33)38)50(72)66-44(26-34-29-56-30-60-34)51(73)64-42(23-31-14-7-6-8-15-31)49(71)62-40(21-13-22-57-52(54)55)48(70)63-41(46(53)68)24-32-27-58-37-19-11-9-16-35(32)37/h6-12,14-17,19-20,27-30,39-44,58-59H,3-5,13,18,21-26H2,1-2H3,(H2,53,68)(H,56,60)(H,61,67)(H,62,71)(H,63,70)(H,64,73)(H,65,69)(H,66,72)(H4,54,55,57)/t39-,40-,41-,42+,43-,44-/m0/s1. The van der Waals surface area contributed by atoms with Crippen molar-refractivity contribution in [1.82, 2.24) is 51.8 Å². The van der Waals surface area contributed by atoms with E-state index in [1.807, 2.05) is 55.5 Å². The number of amides is 7. The number of rotatable bonds is 28. The van der Waals surface area contributed by atoms with Crippen LogP contribution in [0.5, 0.6) is 0 Å². The largest absolute Gasteiger partial charge is 0.370 e. The second-order valence-corrected chi connectivity index (χ2v) is 17.9. The molecule has 0 saturated carbocycles. The molecule has 0 fully saturated rings. The molecule has 0 aliphatic carbocycles. The number of hydrogen-bond donors (Lipinski definition) is 12. The molecule has 0 saturated heterocycles. The Morgan fingerprint density at radius 1 is 0.548 bits per heavy atom. The molecule has 0 radical (unpaired) electrons. The van der Waals surface area contributed by atoms with Crippen LogP contribution in [0, 0.1) is 0 Å². The van der Waals surface area contributed by atoms with Crippen molar-refractivity contribution in [2.75, 3.05) is 6.54 Å². The number of carbonyl (C=O) groups excluding carboxylic acids is 7. The van der Waals surface area contributed by atoms with Gasteiger partial charge in [-0.15, -0.1) is 0 Å². The van der Waals surface area contributed by atoms with Crippen LogP contribution in [0.15, 0.2) is 109 Å². The highest BCUT2D eigenvalue weighted by atomic mass is 16.2. The summed E-state index contributed by atoms with van der Waals surface area (Å²) in [6.45, 7) is 3.76. The number of para-hydroxylation sites is 2. The molecule has 0 bridgehead atoms. The molecule has 0 spiro atoms. The predicted octanol–water partition coefficient (Wildman–Crippen LogP) is 1.69. The average molecular weight is 999 g/mol. The number of aliphatic imine (C=N–C) groups is 1. The smallest absolute Gasteiger partial charge is 0.243 e. The molecule has 6 rings (SSSR count). The summed E-state index contributed by atoms with van der Waals surface area (Å²) in [7, 11) is 0. The van der Waals surface area contributed by atoms with E-state index in [0.717, 1.165) is 33.8 Å². The van der Waals surface area contributed by atoms with E-state index in [1.165, 1.54) is 12.5 Å². The fourth-order valence-electron chi connectivity index (χ4n) is 8.46. The molecule has 0 unspecified atom stereocenters. The van der Waals surface area contributed by atoms with E-state index < -0.39 is 71.7 Å². The molecule has 21 nitrogen and oxygen atoms in total. The molecule has 3 aromatic heterocycles. The van der Waals surface area contributed by atoms with Gasteiger partial charge in [-0.3, -0.25) is 38.6 Å². The number of fused-ring (bicyclic) bond motifs is 2. The number of imidazole rings is 1. The second-order valence-electron chi connectivity index (χ2n) is 17.9. The van der Waals surface area contributed by atoms with Gasteiger partial charge in [0.25, 0.3) is 0 Å². The van der Waals surface area contributed by atoms with Crippen LogP contribution in [-0.4, -0.2) is 110 Å². The molecule has 0 aliphatic heterocycles. The lowest BCUT2D eigenvalue weighted by atomic mass is 10.0. The first-order chi connectivity index (χ1) is 35.2. The zero-order valence-electron chi connectivity index (χ0n) is 41.0. The first-order valence-electron chi connectivity index (χ1n) is 24.5. The van der Waals surface area contributed by atoms with E-state index in [2.05, 4.69) is 56.8 Å². The van der Waals surface area contributed by atoms with Gasteiger partial charge in [0.05, 0.1) is 6.33 Å². The average Bonchev–Trinajstić information content (AvgIpc) is 4.16.